The van der Waals surface area contributed by atoms with E-state index in [-0.39, 0.29) is 11.9 Å². The number of nitrogens with two attached hydrogens (primary N) is 1. The lowest BCUT2D eigenvalue weighted by Gasteiger charge is -2.22. The molecule has 0 radical (unpaired) electrons. The number of benzene rings is 1. The highest BCUT2D eigenvalue weighted by molar-refractivity contribution is 6.04. The summed E-state index contributed by atoms with van der Waals surface area (Å²) in [7, 11) is 0. The largest absolute Gasteiger partial charge is 0.383 e. The number of hydrogen-bond donors (Lipinski definition) is 2. The Kier molecular flexibility index (Phi) is 5.63. The van der Waals surface area contributed by atoms with E-state index in [4.69, 9.17) is 15.9 Å². The van der Waals surface area contributed by atoms with E-state index < -0.39 is 0 Å². The summed E-state index contributed by atoms with van der Waals surface area (Å²) in [4.78, 5) is 25.8. The van der Waals surface area contributed by atoms with Crippen LogP contribution in [0.4, 0.5) is 11.6 Å². The van der Waals surface area contributed by atoms with Crippen molar-refractivity contribution in [1.82, 2.24) is 34.5 Å². The SMILES string of the molecule is CCn1cc2c(n1)CCC[C@H]2n1nc(-c2ccc(C(=O)Nc3cc(C)ccn3)cc2)c2c(N)ncnc21. The second-order valence-electron chi connectivity index (χ2n) is 9.30. The molecule has 1 aliphatic rings. The van der Waals surface area contributed by atoms with Crippen LogP contribution < -0.4 is 11.1 Å². The number of anilines is 2. The molecule has 0 saturated heterocycles. The standard InChI is InChI=1S/C27H27N9O/c1-3-35-14-19-20(33-35)5-4-6-21(19)36-26-23(25(28)30-15-31-26)24(34-36)17-7-9-18(10-8-17)27(37)32-22-13-16(2)11-12-29-22/h7-15,21H,3-6H2,1-2H3,(H2,28,30,31)(H,29,32,37)/t21-/m1/s1. The van der Waals surface area contributed by atoms with E-state index in [1.165, 1.54) is 11.9 Å². The Labute approximate surface area is 213 Å². The van der Waals surface area contributed by atoms with Gasteiger partial charge in [0.1, 0.15) is 23.7 Å². The Hall–Kier alpha value is -4.60. The highest BCUT2D eigenvalue weighted by atomic mass is 16.1. The molecule has 1 amide bonds. The van der Waals surface area contributed by atoms with Gasteiger partial charge in [0.2, 0.25) is 0 Å². The zero-order chi connectivity index (χ0) is 25.5. The fourth-order valence-electron chi connectivity index (χ4n) is 4.97. The van der Waals surface area contributed by atoms with Crippen LogP contribution >= 0.6 is 0 Å². The molecule has 3 N–H and O–H groups in total. The van der Waals surface area contributed by atoms with Crippen LogP contribution in [0.15, 0.2) is 55.1 Å². The number of pyridine rings is 1. The van der Waals surface area contributed by atoms with Crippen LogP contribution in [0.25, 0.3) is 22.3 Å². The molecule has 0 fully saturated rings. The van der Waals surface area contributed by atoms with Crippen molar-refractivity contribution < 1.29 is 4.79 Å². The molecule has 5 aromatic rings. The lowest BCUT2D eigenvalue weighted by Crippen LogP contribution is -2.18. The number of fused-ring (bicyclic) bond motifs is 2. The number of aromatic nitrogens is 7. The number of nitrogens with zero attached hydrogens (tertiary/aromatic N) is 7. The second kappa shape index (κ2) is 9.12. The first-order chi connectivity index (χ1) is 18.0. The molecule has 0 bridgehead atoms. The van der Waals surface area contributed by atoms with Crippen molar-refractivity contribution in [3.8, 4) is 11.3 Å². The topological polar surface area (TPSA) is 129 Å². The van der Waals surface area contributed by atoms with Crippen LogP contribution in [0.1, 0.15) is 53.0 Å². The summed E-state index contributed by atoms with van der Waals surface area (Å²) in [6.45, 7) is 4.86. The van der Waals surface area contributed by atoms with Crippen molar-refractivity contribution >= 4 is 28.6 Å². The fraction of sp³-hybridized carbons (Fsp3) is 0.259. The molecule has 0 aliphatic heterocycles. The predicted molar refractivity (Wildman–Crippen MR) is 141 cm³/mol. The summed E-state index contributed by atoms with van der Waals surface area (Å²) in [6.07, 6.45) is 8.19. The van der Waals surface area contributed by atoms with Crippen LogP contribution in [-0.2, 0) is 13.0 Å². The third kappa shape index (κ3) is 4.10. The smallest absolute Gasteiger partial charge is 0.256 e. The molecule has 6 rings (SSSR count). The lowest BCUT2D eigenvalue weighted by molar-refractivity contribution is 0.102. The highest BCUT2D eigenvalue weighted by Crippen LogP contribution is 2.37. The van der Waals surface area contributed by atoms with Gasteiger partial charge in [-0.05, 0) is 62.9 Å². The number of carbonyl (C=O) groups excluding carboxylic acids is 1. The summed E-state index contributed by atoms with van der Waals surface area (Å²) in [5.74, 6) is 0.659. The molecule has 1 aromatic carbocycles. The van der Waals surface area contributed by atoms with Crippen molar-refractivity contribution in [2.24, 2.45) is 0 Å². The zero-order valence-corrected chi connectivity index (χ0v) is 20.7. The third-order valence-corrected chi connectivity index (χ3v) is 6.84. The summed E-state index contributed by atoms with van der Waals surface area (Å²) < 4.78 is 3.95. The number of aryl methyl sites for hydroxylation is 3. The van der Waals surface area contributed by atoms with Crippen molar-refractivity contribution in [3.63, 3.8) is 0 Å². The van der Waals surface area contributed by atoms with Gasteiger partial charge in [0.25, 0.3) is 5.91 Å². The van der Waals surface area contributed by atoms with E-state index >= 15 is 0 Å². The van der Waals surface area contributed by atoms with Gasteiger partial charge >= 0.3 is 0 Å². The maximum atomic E-state index is 12.8. The van der Waals surface area contributed by atoms with Gasteiger partial charge in [-0.2, -0.15) is 10.2 Å². The minimum Gasteiger partial charge on any atom is -0.383 e. The number of nitrogens with one attached hydrogen (secondary N) is 1. The number of amides is 1. The molecular weight excluding hydrogens is 466 g/mol. The van der Waals surface area contributed by atoms with Crippen molar-refractivity contribution in [1.29, 1.82) is 0 Å². The molecule has 37 heavy (non-hydrogen) atoms. The first kappa shape index (κ1) is 22.8. The Morgan fingerprint density at radius 3 is 2.76 bits per heavy atom. The second-order valence-corrected chi connectivity index (χ2v) is 9.30. The summed E-state index contributed by atoms with van der Waals surface area (Å²) in [5.41, 5.74) is 12.4. The Morgan fingerprint density at radius 1 is 1.14 bits per heavy atom. The van der Waals surface area contributed by atoms with Gasteiger partial charge in [0.05, 0.1) is 17.1 Å². The van der Waals surface area contributed by atoms with Crippen LogP contribution in [0.5, 0.6) is 0 Å². The highest BCUT2D eigenvalue weighted by Gasteiger charge is 2.29. The molecular formula is C27H27N9O. The monoisotopic (exact) mass is 493 g/mol. The number of nitrogen functional groups attached to an aromatic ring is 1. The number of carbonyl (C=O) groups is 1. The third-order valence-electron chi connectivity index (χ3n) is 6.84. The van der Waals surface area contributed by atoms with Gasteiger partial charge < -0.3 is 11.1 Å². The van der Waals surface area contributed by atoms with Crippen molar-refractivity contribution in [3.05, 3.63) is 77.5 Å². The molecule has 1 atom stereocenters. The fourth-order valence-corrected chi connectivity index (χ4v) is 4.97. The average Bonchev–Trinajstić information content (AvgIpc) is 3.51. The Bertz CT molecular complexity index is 1620. The number of rotatable bonds is 5. The summed E-state index contributed by atoms with van der Waals surface area (Å²) >= 11 is 0. The van der Waals surface area contributed by atoms with E-state index in [0.717, 1.165) is 42.6 Å². The van der Waals surface area contributed by atoms with Crippen LogP contribution in [0.3, 0.4) is 0 Å². The van der Waals surface area contributed by atoms with E-state index in [0.29, 0.717) is 33.9 Å². The molecule has 0 unspecified atom stereocenters. The van der Waals surface area contributed by atoms with Crippen molar-refractivity contribution in [2.45, 2.75) is 45.7 Å². The van der Waals surface area contributed by atoms with Crippen molar-refractivity contribution in [2.75, 3.05) is 11.1 Å². The van der Waals surface area contributed by atoms with Gasteiger partial charge in [0, 0.05) is 35.6 Å². The predicted octanol–water partition coefficient (Wildman–Crippen LogP) is 4.17. The minimum atomic E-state index is -0.231. The van der Waals surface area contributed by atoms with Crippen LogP contribution in [0.2, 0.25) is 0 Å². The molecule has 186 valence electrons. The average molecular weight is 494 g/mol. The van der Waals surface area contributed by atoms with E-state index in [1.807, 2.05) is 40.6 Å². The summed E-state index contributed by atoms with van der Waals surface area (Å²) in [6, 6.07) is 11.0. The minimum absolute atomic E-state index is 0.0153. The lowest BCUT2D eigenvalue weighted by atomic mass is 9.93. The van der Waals surface area contributed by atoms with Gasteiger partial charge in [-0.15, -0.1) is 0 Å². The van der Waals surface area contributed by atoms with Crippen LogP contribution in [-0.4, -0.2) is 40.4 Å². The zero-order valence-electron chi connectivity index (χ0n) is 20.7. The maximum Gasteiger partial charge on any atom is 0.256 e. The first-order valence-electron chi connectivity index (χ1n) is 12.4. The Balaban J connectivity index is 1.37. The van der Waals surface area contributed by atoms with Crippen LogP contribution in [0, 0.1) is 6.92 Å². The van der Waals surface area contributed by atoms with E-state index in [1.54, 1.807) is 18.3 Å². The molecule has 4 heterocycles. The Morgan fingerprint density at radius 2 is 1.97 bits per heavy atom. The van der Waals surface area contributed by atoms with Gasteiger partial charge in [-0.3, -0.25) is 9.48 Å². The van der Waals surface area contributed by atoms with Gasteiger partial charge in [0.15, 0.2) is 5.65 Å². The maximum absolute atomic E-state index is 12.8. The van der Waals surface area contributed by atoms with E-state index in [2.05, 4.69) is 33.4 Å². The van der Waals surface area contributed by atoms with Gasteiger partial charge in [-0.1, -0.05) is 12.1 Å². The quantitative estimate of drug-likeness (QED) is 0.376. The molecule has 1 aliphatic carbocycles. The first-order valence-corrected chi connectivity index (χ1v) is 12.4. The van der Waals surface area contributed by atoms with Gasteiger partial charge in [-0.25, -0.2) is 19.6 Å². The molecule has 10 heteroatoms. The molecule has 0 spiro atoms. The van der Waals surface area contributed by atoms with E-state index in [9.17, 15) is 4.79 Å². The normalized spacial score (nSPS) is 15.0. The molecule has 0 saturated carbocycles. The molecule has 10 nitrogen and oxygen atoms in total. The summed E-state index contributed by atoms with van der Waals surface area (Å²) in [5, 5.41) is 13.3. The molecule has 4 aromatic heterocycles. The number of hydrogen-bond acceptors (Lipinski definition) is 7.